The molecule has 0 aliphatic carbocycles. The zero-order chi connectivity index (χ0) is 11.4. The second-order valence-corrected chi connectivity index (χ2v) is 3.69. The standard InChI is InChI=1S/C9H11NO4S/c1-10(5-7(11)12)9(13)6-3-4-8(14-6)15-2/h3-4H,5H2,1-2H3,(H,11,12). The number of furan rings is 1. The van der Waals surface area contributed by atoms with Crippen LogP contribution in [0.1, 0.15) is 10.6 Å². The number of thioether (sulfide) groups is 1. The van der Waals surface area contributed by atoms with Gasteiger partial charge in [0.1, 0.15) is 6.54 Å². The molecule has 0 saturated heterocycles. The third-order valence-electron chi connectivity index (χ3n) is 1.71. The van der Waals surface area contributed by atoms with Crippen LogP contribution in [-0.4, -0.2) is 41.7 Å². The van der Waals surface area contributed by atoms with E-state index in [4.69, 9.17) is 9.52 Å². The molecule has 1 heterocycles. The van der Waals surface area contributed by atoms with Crippen LogP contribution in [0.25, 0.3) is 0 Å². The molecule has 1 N–H and O–H groups in total. The fourth-order valence-electron chi connectivity index (χ4n) is 1.01. The van der Waals surface area contributed by atoms with Crippen molar-refractivity contribution in [1.29, 1.82) is 0 Å². The van der Waals surface area contributed by atoms with Crippen LogP contribution in [0.4, 0.5) is 0 Å². The lowest BCUT2D eigenvalue weighted by molar-refractivity contribution is -0.137. The van der Waals surface area contributed by atoms with E-state index in [1.807, 2.05) is 6.26 Å². The summed E-state index contributed by atoms with van der Waals surface area (Å²) in [5, 5.41) is 9.13. The first kappa shape index (κ1) is 11.6. The predicted molar refractivity (Wildman–Crippen MR) is 55.1 cm³/mol. The van der Waals surface area contributed by atoms with Crippen LogP contribution in [0.2, 0.25) is 0 Å². The molecule has 1 aromatic heterocycles. The van der Waals surface area contributed by atoms with Crippen LogP contribution in [0, 0.1) is 0 Å². The molecule has 0 fully saturated rings. The van der Waals surface area contributed by atoms with E-state index in [1.54, 1.807) is 6.07 Å². The Hall–Kier alpha value is -1.43. The van der Waals surface area contributed by atoms with E-state index in [-0.39, 0.29) is 12.3 Å². The van der Waals surface area contributed by atoms with Crippen LogP contribution in [0.3, 0.4) is 0 Å². The summed E-state index contributed by atoms with van der Waals surface area (Å²) in [7, 11) is 1.41. The molecule has 0 aromatic carbocycles. The molecule has 1 amide bonds. The molecular formula is C9H11NO4S. The fraction of sp³-hybridized carbons (Fsp3) is 0.333. The minimum Gasteiger partial charge on any atom is -0.480 e. The summed E-state index contributed by atoms with van der Waals surface area (Å²) in [4.78, 5) is 23.0. The maximum atomic E-state index is 11.6. The van der Waals surface area contributed by atoms with Gasteiger partial charge in [0.15, 0.2) is 10.9 Å². The third-order valence-corrected chi connectivity index (χ3v) is 2.33. The third kappa shape index (κ3) is 3.02. The number of carboxylic acid groups (broad SMARTS) is 1. The molecule has 1 rings (SSSR count). The molecule has 0 saturated carbocycles. The zero-order valence-corrected chi connectivity index (χ0v) is 9.21. The minimum absolute atomic E-state index is 0.156. The molecule has 1 aromatic rings. The van der Waals surface area contributed by atoms with Gasteiger partial charge in [-0.15, -0.1) is 0 Å². The van der Waals surface area contributed by atoms with Crippen LogP contribution in [0.15, 0.2) is 21.6 Å². The molecule has 0 radical (unpaired) electrons. The SMILES string of the molecule is CSc1ccc(C(=O)N(C)CC(=O)O)o1. The van der Waals surface area contributed by atoms with E-state index in [2.05, 4.69) is 0 Å². The van der Waals surface area contributed by atoms with Crippen LogP contribution in [-0.2, 0) is 4.79 Å². The lowest BCUT2D eigenvalue weighted by Crippen LogP contribution is -2.31. The quantitative estimate of drug-likeness (QED) is 0.784. The Morgan fingerprint density at radius 3 is 2.67 bits per heavy atom. The lowest BCUT2D eigenvalue weighted by atomic mass is 10.4. The first-order chi connectivity index (χ1) is 7.04. The lowest BCUT2D eigenvalue weighted by Gasteiger charge is -2.11. The highest BCUT2D eigenvalue weighted by Gasteiger charge is 2.17. The summed E-state index contributed by atoms with van der Waals surface area (Å²) in [6.07, 6.45) is 1.83. The zero-order valence-electron chi connectivity index (χ0n) is 8.39. The first-order valence-corrected chi connectivity index (χ1v) is 5.38. The summed E-state index contributed by atoms with van der Waals surface area (Å²) in [5.41, 5.74) is 0. The van der Waals surface area contributed by atoms with E-state index >= 15 is 0 Å². The van der Waals surface area contributed by atoms with Crippen molar-refractivity contribution in [1.82, 2.24) is 4.90 Å². The minimum atomic E-state index is -1.05. The number of hydrogen-bond donors (Lipinski definition) is 1. The van der Waals surface area contributed by atoms with E-state index in [9.17, 15) is 9.59 Å². The summed E-state index contributed by atoms with van der Waals surface area (Å²) < 4.78 is 5.18. The molecular weight excluding hydrogens is 218 g/mol. The summed E-state index contributed by atoms with van der Waals surface area (Å²) in [6.45, 7) is -0.339. The highest BCUT2D eigenvalue weighted by atomic mass is 32.2. The average Bonchev–Trinajstić information content (AvgIpc) is 2.63. The second kappa shape index (κ2) is 4.88. The fourth-order valence-corrected chi connectivity index (χ4v) is 1.38. The summed E-state index contributed by atoms with van der Waals surface area (Å²) in [5.74, 6) is -1.33. The van der Waals surface area contributed by atoms with Gasteiger partial charge in [-0.2, -0.15) is 0 Å². The van der Waals surface area contributed by atoms with Gasteiger partial charge in [-0.25, -0.2) is 0 Å². The van der Waals surface area contributed by atoms with E-state index < -0.39 is 11.9 Å². The number of aliphatic carboxylic acids is 1. The van der Waals surface area contributed by atoms with Crippen molar-refractivity contribution in [3.05, 3.63) is 17.9 Å². The van der Waals surface area contributed by atoms with Crippen LogP contribution >= 0.6 is 11.8 Å². The molecule has 0 bridgehead atoms. The van der Waals surface area contributed by atoms with Gasteiger partial charge in [0.05, 0.1) is 0 Å². The Labute approximate surface area is 91.1 Å². The molecule has 0 spiro atoms. The molecule has 0 atom stereocenters. The normalized spacial score (nSPS) is 10.0. The first-order valence-electron chi connectivity index (χ1n) is 4.15. The average molecular weight is 229 g/mol. The highest BCUT2D eigenvalue weighted by Crippen LogP contribution is 2.18. The second-order valence-electron chi connectivity index (χ2n) is 2.88. The number of rotatable bonds is 4. The number of carbonyl (C=O) groups is 2. The van der Waals surface area contributed by atoms with Gasteiger partial charge in [-0.05, 0) is 18.4 Å². The number of carbonyl (C=O) groups excluding carboxylic acids is 1. The molecule has 0 unspecified atom stereocenters. The Morgan fingerprint density at radius 2 is 2.20 bits per heavy atom. The van der Waals surface area contributed by atoms with Gasteiger partial charge in [0, 0.05) is 7.05 Å². The van der Waals surface area contributed by atoms with Crippen molar-refractivity contribution in [2.24, 2.45) is 0 Å². The number of amides is 1. The van der Waals surface area contributed by atoms with Crippen molar-refractivity contribution >= 4 is 23.6 Å². The van der Waals surface area contributed by atoms with E-state index in [0.717, 1.165) is 4.90 Å². The Kier molecular flexibility index (Phi) is 3.79. The number of carboxylic acids is 1. The Balaban J connectivity index is 2.71. The van der Waals surface area contributed by atoms with Gasteiger partial charge >= 0.3 is 5.97 Å². The molecule has 6 heteroatoms. The Morgan fingerprint density at radius 1 is 1.53 bits per heavy atom. The largest absolute Gasteiger partial charge is 0.480 e. The van der Waals surface area contributed by atoms with Crippen molar-refractivity contribution in [2.75, 3.05) is 19.8 Å². The number of likely N-dealkylation sites (N-methyl/N-ethyl adjacent to an activating group) is 1. The van der Waals surface area contributed by atoms with Crippen LogP contribution < -0.4 is 0 Å². The number of nitrogens with zero attached hydrogens (tertiary/aromatic N) is 1. The van der Waals surface area contributed by atoms with Crippen molar-refractivity contribution in [3.8, 4) is 0 Å². The topological polar surface area (TPSA) is 70.8 Å². The van der Waals surface area contributed by atoms with Crippen molar-refractivity contribution in [2.45, 2.75) is 5.09 Å². The smallest absolute Gasteiger partial charge is 0.323 e. The Bertz CT molecular complexity index is 374. The summed E-state index contributed by atoms with van der Waals surface area (Å²) in [6, 6.07) is 3.21. The highest BCUT2D eigenvalue weighted by molar-refractivity contribution is 7.98. The van der Waals surface area contributed by atoms with E-state index in [1.165, 1.54) is 24.9 Å². The van der Waals surface area contributed by atoms with E-state index in [0.29, 0.717) is 5.09 Å². The van der Waals surface area contributed by atoms with Gasteiger partial charge in [-0.1, -0.05) is 11.8 Å². The summed E-state index contributed by atoms with van der Waals surface area (Å²) >= 11 is 1.38. The maximum Gasteiger partial charge on any atom is 0.323 e. The molecule has 82 valence electrons. The van der Waals surface area contributed by atoms with Crippen molar-refractivity contribution < 1.29 is 19.1 Å². The maximum absolute atomic E-state index is 11.6. The number of hydrogen-bond acceptors (Lipinski definition) is 4. The van der Waals surface area contributed by atoms with Gasteiger partial charge in [-0.3, -0.25) is 9.59 Å². The van der Waals surface area contributed by atoms with Crippen molar-refractivity contribution in [3.63, 3.8) is 0 Å². The van der Waals surface area contributed by atoms with Gasteiger partial charge < -0.3 is 14.4 Å². The molecule has 0 aliphatic heterocycles. The predicted octanol–water partition coefficient (Wildman–Crippen LogP) is 1.16. The van der Waals surface area contributed by atoms with Gasteiger partial charge in [0.25, 0.3) is 5.91 Å². The monoisotopic (exact) mass is 229 g/mol. The van der Waals surface area contributed by atoms with Crippen LogP contribution in [0.5, 0.6) is 0 Å². The molecule has 0 aliphatic rings. The molecule has 15 heavy (non-hydrogen) atoms. The molecule has 5 nitrogen and oxygen atoms in total. The van der Waals surface area contributed by atoms with Gasteiger partial charge in [0.2, 0.25) is 0 Å².